The van der Waals surface area contributed by atoms with Crippen LogP contribution in [0.3, 0.4) is 0 Å². The van der Waals surface area contributed by atoms with Crippen LogP contribution in [-0.2, 0) is 11.2 Å². The molecule has 2 amide bonds. The molecule has 0 unspecified atom stereocenters. The van der Waals surface area contributed by atoms with Crippen molar-refractivity contribution in [3.05, 3.63) is 53.2 Å². The first-order valence-corrected chi connectivity index (χ1v) is 9.02. The van der Waals surface area contributed by atoms with Gasteiger partial charge in [-0.15, -0.1) is 11.3 Å². The molecule has 0 aliphatic carbocycles. The number of benzene rings is 1. The predicted octanol–water partition coefficient (Wildman–Crippen LogP) is 3.12. The predicted molar refractivity (Wildman–Crippen MR) is 99.0 cm³/mol. The summed E-state index contributed by atoms with van der Waals surface area (Å²) in [4.78, 5) is 29.0. The van der Waals surface area contributed by atoms with Gasteiger partial charge in [-0.25, -0.2) is 0 Å². The van der Waals surface area contributed by atoms with E-state index in [1.165, 1.54) is 0 Å². The van der Waals surface area contributed by atoms with Crippen LogP contribution in [0.1, 0.15) is 29.1 Å². The van der Waals surface area contributed by atoms with Gasteiger partial charge in [0.1, 0.15) is 0 Å². The normalized spacial score (nSPS) is 10.5. The number of hydrogen-bond donors (Lipinski definition) is 2. The van der Waals surface area contributed by atoms with E-state index in [2.05, 4.69) is 20.8 Å². The van der Waals surface area contributed by atoms with Gasteiger partial charge in [0.05, 0.1) is 4.88 Å². The Labute approximate surface area is 154 Å². The van der Waals surface area contributed by atoms with Crippen molar-refractivity contribution in [3.63, 3.8) is 0 Å². The first-order valence-electron chi connectivity index (χ1n) is 8.14. The number of amides is 2. The summed E-state index contributed by atoms with van der Waals surface area (Å²) in [5.41, 5.74) is 1.09. The molecule has 0 saturated carbocycles. The van der Waals surface area contributed by atoms with E-state index < -0.39 is 0 Å². The van der Waals surface area contributed by atoms with Crippen molar-refractivity contribution in [1.82, 2.24) is 15.5 Å². The molecular weight excluding hydrogens is 352 g/mol. The monoisotopic (exact) mass is 370 g/mol. The lowest BCUT2D eigenvalue weighted by Gasteiger charge is -2.06. The van der Waals surface area contributed by atoms with Gasteiger partial charge < -0.3 is 15.2 Å². The van der Waals surface area contributed by atoms with Crippen LogP contribution in [0, 0.1) is 0 Å². The molecule has 0 saturated heterocycles. The lowest BCUT2D eigenvalue weighted by molar-refractivity contribution is -0.116. The lowest BCUT2D eigenvalue weighted by Crippen LogP contribution is -2.18. The zero-order chi connectivity index (χ0) is 18.4. The van der Waals surface area contributed by atoms with Crippen LogP contribution >= 0.6 is 11.3 Å². The van der Waals surface area contributed by atoms with E-state index in [9.17, 15) is 9.59 Å². The highest BCUT2D eigenvalue weighted by atomic mass is 32.1. The molecular formula is C18H18N4O3S. The highest BCUT2D eigenvalue weighted by molar-refractivity contribution is 7.13. The number of anilines is 1. The van der Waals surface area contributed by atoms with Crippen molar-refractivity contribution in [1.29, 1.82) is 0 Å². The Bertz CT molecular complexity index is 889. The zero-order valence-electron chi connectivity index (χ0n) is 14.2. The Morgan fingerprint density at radius 3 is 2.88 bits per heavy atom. The van der Waals surface area contributed by atoms with Gasteiger partial charge in [-0.1, -0.05) is 17.3 Å². The number of aryl methyl sites for hydroxylation is 1. The van der Waals surface area contributed by atoms with Gasteiger partial charge in [0, 0.05) is 31.1 Å². The van der Waals surface area contributed by atoms with Crippen molar-refractivity contribution >= 4 is 28.8 Å². The fourth-order valence-electron chi connectivity index (χ4n) is 2.37. The van der Waals surface area contributed by atoms with E-state index in [-0.39, 0.29) is 11.8 Å². The minimum absolute atomic E-state index is 0.128. The second-order valence-corrected chi connectivity index (χ2v) is 6.50. The molecule has 134 valence electrons. The van der Waals surface area contributed by atoms with Crippen LogP contribution < -0.4 is 10.6 Å². The molecule has 2 N–H and O–H groups in total. The van der Waals surface area contributed by atoms with Gasteiger partial charge in [-0.05, 0) is 36.1 Å². The van der Waals surface area contributed by atoms with E-state index in [4.69, 9.17) is 4.52 Å². The number of carbonyl (C=O) groups is 2. The Morgan fingerprint density at radius 2 is 2.12 bits per heavy atom. The first kappa shape index (κ1) is 17.8. The van der Waals surface area contributed by atoms with Crippen molar-refractivity contribution in [3.8, 4) is 10.7 Å². The summed E-state index contributed by atoms with van der Waals surface area (Å²) in [5, 5.41) is 11.2. The highest BCUT2D eigenvalue weighted by Crippen LogP contribution is 2.21. The maximum absolute atomic E-state index is 12.1. The third kappa shape index (κ3) is 4.54. The molecule has 2 aromatic heterocycles. The number of rotatable bonds is 7. The summed E-state index contributed by atoms with van der Waals surface area (Å²) in [6.07, 6.45) is 1.44. The summed E-state index contributed by atoms with van der Waals surface area (Å²) >= 11 is 1.55. The van der Waals surface area contributed by atoms with E-state index in [0.29, 0.717) is 42.2 Å². The number of thiophene rings is 1. The second kappa shape index (κ2) is 8.39. The van der Waals surface area contributed by atoms with Gasteiger partial charge in [0.25, 0.3) is 5.91 Å². The molecule has 0 bridgehead atoms. The van der Waals surface area contributed by atoms with Crippen molar-refractivity contribution in [2.75, 3.05) is 12.4 Å². The molecule has 0 fully saturated rings. The summed E-state index contributed by atoms with van der Waals surface area (Å²) < 4.78 is 5.21. The Kier molecular flexibility index (Phi) is 5.75. The fraction of sp³-hybridized carbons (Fsp3) is 0.222. The van der Waals surface area contributed by atoms with E-state index in [1.54, 1.807) is 42.6 Å². The number of nitrogens with one attached hydrogen (secondary N) is 2. The van der Waals surface area contributed by atoms with E-state index in [0.717, 1.165) is 4.88 Å². The topological polar surface area (TPSA) is 97.1 Å². The number of carbonyl (C=O) groups excluding carboxylic acids is 2. The molecule has 0 spiro atoms. The molecule has 0 aliphatic heterocycles. The molecule has 26 heavy (non-hydrogen) atoms. The van der Waals surface area contributed by atoms with Crippen molar-refractivity contribution in [2.45, 2.75) is 19.3 Å². The average molecular weight is 370 g/mol. The van der Waals surface area contributed by atoms with Gasteiger partial charge in [-0.2, -0.15) is 4.98 Å². The minimum Gasteiger partial charge on any atom is -0.355 e. The molecule has 2 heterocycles. The third-order valence-corrected chi connectivity index (χ3v) is 4.51. The number of hydrogen-bond acceptors (Lipinski definition) is 6. The van der Waals surface area contributed by atoms with Gasteiger partial charge in [0.2, 0.25) is 17.6 Å². The SMILES string of the molecule is CNC(=O)c1cccc(NC(=O)CCCc2nc(-c3cccs3)no2)c1. The van der Waals surface area contributed by atoms with E-state index >= 15 is 0 Å². The minimum atomic E-state index is -0.195. The summed E-state index contributed by atoms with van der Waals surface area (Å²) in [7, 11) is 1.56. The quantitative estimate of drug-likeness (QED) is 0.666. The molecule has 7 nitrogen and oxygen atoms in total. The van der Waals surface area contributed by atoms with Gasteiger partial charge in [-0.3, -0.25) is 9.59 Å². The van der Waals surface area contributed by atoms with Crippen LogP contribution in [0.5, 0.6) is 0 Å². The van der Waals surface area contributed by atoms with Crippen LogP contribution in [0.2, 0.25) is 0 Å². The van der Waals surface area contributed by atoms with Gasteiger partial charge in [0.15, 0.2) is 0 Å². The van der Waals surface area contributed by atoms with Crippen molar-refractivity contribution in [2.24, 2.45) is 0 Å². The average Bonchev–Trinajstić information content (AvgIpc) is 3.32. The largest absolute Gasteiger partial charge is 0.355 e. The zero-order valence-corrected chi connectivity index (χ0v) is 15.0. The highest BCUT2D eigenvalue weighted by Gasteiger charge is 2.11. The van der Waals surface area contributed by atoms with Crippen LogP contribution in [-0.4, -0.2) is 29.0 Å². The summed E-state index contributed by atoms with van der Waals surface area (Å²) in [5.74, 6) is 0.768. The summed E-state index contributed by atoms with van der Waals surface area (Å²) in [6.45, 7) is 0. The molecule has 0 radical (unpaired) electrons. The number of nitrogens with zero attached hydrogens (tertiary/aromatic N) is 2. The molecule has 3 aromatic rings. The van der Waals surface area contributed by atoms with Gasteiger partial charge >= 0.3 is 0 Å². The Balaban J connectivity index is 1.48. The van der Waals surface area contributed by atoms with Crippen LogP contribution in [0.4, 0.5) is 5.69 Å². The molecule has 1 aromatic carbocycles. The third-order valence-electron chi connectivity index (χ3n) is 3.64. The summed E-state index contributed by atoms with van der Waals surface area (Å²) in [6, 6.07) is 10.7. The van der Waals surface area contributed by atoms with Crippen molar-refractivity contribution < 1.29 is 14.1 Å². The Morgan fingerprint density at radius 1 is 1.23 bits per heavy atom. The maximum atomic E-state index is 12.1. The second-order valence-electron chi connectivity index (χ2n) is 5.55. The molecule has 0 aliphatic rings. The standard InChI is InChI=1S/C18H18N4O3S/c1-19-18(24)12-5-2-6-13(11-12)20-15(23)8-3-9-16-21-17(22-25-16)14-7-4-10-26-14/h2,4-7,10-11H,3,8-9H2,1H3,(H,19,24)(H,20,23). The first-order chi connectivity index (χ1) is 12.7. The van der Waals surface area contributed by atoms with Crippen LogP contribution in [0.15, 0.2) is 46.3 Å². The maximum Gasteiger partial charge on any atom is 0.251 e. The lowest BCUT2D eigenvalue weighted by atomic mass is 10.1. The molecule has 3 rings (SSSR count). The fourth-order valence-corrected chi connectivity index (χ4v) is 3.02. The molecule has 8 heteroatoms. The van der Waals surface area contributed by atoms with Crippen LogP contribution in [0.25, 0.3) is 10.7 Å². The number of aromatic nitrogens is 2. The molecule has 0 atom stereocenters. The van der Waals surface area contributed by atoms with E-state index in [1.807, 2.05) is 17.5 Å². The smallest absolute Gasteiger partial charge is 0.251 e. The Hall–Kier alpha value is -3.00.